The van der Waals surface area contributed by atoms with Crippen LogP contribution < -0.4 is 9.47 Å². The Labute approximate surface area is 133 Å². The van der Waals surface area contributed by atoms with Crippen molar-refractivity contribution in [1.82, 2.24) is 0 Å². The van der Waals surface area contributed by atoms with E-state index in [1.54, 1.807) is 14.2 Å². The summed E-state index contributed by atoms with van der Waals surface area (Å²) in [4.78, 5) is 0. The predicted molar refractivity (Wildman–Crippen MR) is 87.3 cm³/mol. The molecule has 4 aliphatic carbocycles. The van der Waals surface area contributed by atoms with Crippen molar-refractivity contribution in [3.63, 3.8) is 0 Å². The number of benzene rings is 1. The monoisotopic (exact) mass is 296 g/mol. The smallest absolute Gasteiger partial charge is 0.138 e. The SMILES string of the molecule is C#Cc1cc(C23CC4CC(CC(C4)C2)C3)c(OC)cc1OC. The normalized spacial score (nSPS) is 35.2. The average molecular weight is 296 g/mol. The van der Waals surface area contributed by atoms with Crippen LogP contribution in [0.15, 0.2) is 12.1 Å². The highest BCUT2D eigenvalue weighted by Gasteiger charge is 2.52. The maximum Gasteiger partial charge on any atom is 0.138 e. The molecule has 2 nitrogen and oxygen atoms in total. The van der Waals surface area contributed by atoms with Gasteiger partial charge in [-0.15, -0.1) is 6.42 Å². The van der Waals surface area contributed by atoms with Gasteiger partial charge < -0.3 is 9.47 Å². The van der Waals surface area contributed by atoms with Gasteiger partial charge >= 0.3 is 0 Å². The van der Waals surface area contributed by atoms with Gasteiger partial charge in [-0.1, -0.05) is 5.92 Å². The molecular weight excluding hydrogens is 272 g/mol. The van der Waals surface area contributed by atoms with Crippen LogP contribution in [0, 0.1) is 30.1 Å². The first-order valence-electron chi connectivity index (χ1n) is 8.40. The third kappa shape index (κ3) is 1.95. The van der Waals surface area contributed by atoms with E-state index >= 15 is 0 Å². The van der Waals surface area contributed by atoms with Gasteiger partial charge in [0.15, 0.2) is 0 Å². The third-order valence-corrected chi connectivity index (χ3v) is 6.29. The van der Waals surface area contributed by atoms with E-state index in [0.29, 0.717) is 0 Å². The molecule has 0 atom stereocenters. The fourth-order valence-electron chi connectivity index (χ4n) is 5.87. The standard InChI is InChI=1S/C20H24O2/c1-4-16-8-17(19(22-3)9-18(16)21-2)20-10-13-5-14(11-20)7-15(6-13)12-20/h1,8-9,13-15H,5-7,10-12H2,2-3H3. The van der Waals surface area contributed by atoms with Crippen molar-refractivity contribution in [3.05, 3.63) is 23.3 Å². The van der Waals surface area contributed by atoms with Gasteiger partial charge in [-0.25, -0.2) is 0 Å². The second-order valence-corrected chi connectivity index (χ2v) is 7.59. The Morgan fingerprint density at radius 3 is 1.95 bits per heavy atom. The van der Waals surface area contributed by atoms with Crippen molar-refractivity contribution in [2.75, 3.05) is 14.2 Å². The maximum absolute atomic E-state index is 5.73. The lowest BCUT2D eigenvalue weighted by atomic mass is 9.48. The molecule has 2 heteroatoms. The van der Waals surface area contributed by atoms with Crippen LogP contribution in [0.3, 0.4) is 0 Å². The van der Waals surface area contributed by atoms with E-state index in [4.69, 9.17) is 15.9 Å². The Balaban J connectivity index is 1.83. The van der Waals surface area contributed by atoms with Gasteiger partial charge in [-0.3, -0.25) is 0 Å². The van der Waals surface area contributed by atoms with E-state index in [1.165, 1.54) is 44.1 Å². The molecule has 0 N–H and O–H groups in total. The van der Waals surface area contributed by atoms with Crippen molar-refractivity contribution in [1.29, 1.82) is 0 Å². The average Bonchev–Trinajstić information content (AvgIpc) is 2.52. The first-order valence-corrected chi connectivity index (χ1v) is 8.40. The molecule has 4 bridgehead atoms. The summed E-state index contributed by atoms with van der Waals surface area (Å²) in [7, 11) is 3.42. The summed E-state index contributed by atoms with van der Waals surface area (Å²) in [5.74, 6) is 7.22. The Kier molecular flexibility index (Phi) is 3.15. The van der Waals surface area contributed by atoms with Crippen molar-refractivity contribution < 1.29 is 9.47 Å². The highest BCUT2D eigenvalue weighted by molar-refractivity contribution is 5.55. The summed E-state index contributed by atoms with van der Waals surface area (Å²) in [6.07, 6.45) is 14.0. The number of ether oxygens (including phenoxy) is 2. The van der Waals surface area contributed by atoms with Crippen molar-refractivity contribution in [2.24, 2.45) is 17.8 Å². The Hall–Kier alpha value is -1.62. The number of rotatable bonds is 3. The minimum absolute atomic E-state index is 0.290. The maximum atomic E-state index is 5.73. The first kappa shape index (κ1) is 14.0. The zero-order valence-electron chi connectivity index (χ0n) is 13.5. The highest BCUT2D eigenvalue weighted by Crippen LogP contribution is 2.62. The lowest BCUT2D eigenvalue weighted by Crippen LogP contribution is -2.48. The summed E-state index contributed by atoms with van der Waals surface area (Å²) in [6, 6.07) is 4.16. The van der Waals surface area contributed by atoms with Gasteiger partial charge in [0.25, 0.3) is 0 Å². The van der Waals surface area contributed by atoms with Crippen LogP contribution >= 0.6 is 0 Å². The molecule has 0 amide bonds. The van der Waals surface area contributed by atoms with Gasteiger partial charge in [0, 0.05) is 11.6 Å². The molecule has 0 aliphatic heterocycles. The molecule has 22 heavy (non-hydrogen) atoms. The largest absolute Gasteiger partial charge is 0.496 e. The lowest BCUT2D eigenvalue weighted by Gasteiger charge is -2.57. The van der Waals surface area contributed by atoms with Crippen LogP contribution in [0.5, 0.6) is 11.5 Å². The first-order chi connectivity index (χ1) is 10.7. The zero-order chi connectivity index (χ0) is 15.3. The van der Waals surface area contributed by atoms with Crippen molar-refractivity contribution >= 4 is 0 Å². The molecule has 0 saturated heterocycles. The van der Waals surface area contributed by atoms with Gasteiger partial charge in [0.2, 0.25) is 0 Å². The number of hydrogen-bond donors (Lipinski definition) is 0. The quantitative estimate of drug-likeness (QED) is 0.780. The Morgan fingerprint density at radius 1 is 0.955 bits per heavy atom. The zero-order valence-corrected chi connectivity index (χ0v) is 13.5. The summed E-state index contributed by atoms with van der Waals surface area (Å²) < 4.78 is 11.2. The second kappa shape index (κ2) is 4.95. The summed E-state index contributed by atoms with van der Waals surface area (Å²) in [5, 5.41) is 0. The molecule has 0 aromatic heterocycles. The van der Waals surface area contributed by atoms with Gasteiger partial charge in [-0.05, 0) is 67.8 Å². The molecule has 4 aliphatic rings. The van der Waals surface area contributed by atoms with Crippen LogP contribution in [0.4, 0.5) is 0 Å². The summed E-state index contributed by atoms with van der Waals surface area (Å²) in [6.45, 7) is 0. The number of hydrogen-bond acceptors (Lipinski definition) is 2. The van der Waals surface area contributed by atoms with E-state index in [0.717, 1.165) is 34.8 Å². The molecule has 4 fully saturated rings. The van der Waals surface area contributed by atoms with Crippen LogP contribution in [0.1, 0.15) is 49.7 Å². The fourth-order valence-corrected chi connectivity index (χ4v) is 5.87. The van der Waals surface area contributed by atoms with Crippen LogP contribution in [0.2, 0.25) is 0 Å². The van der Waals surface area contributed by atoms with Gasteiger partial charge in [-0.2, -0.15) is 0 Å². The molecule has 0 unspecified atom stereocenters. The molecule has 116 valence electrons. The van der Waals surface area contributed by atoms with Crippen LogP contribution in [-0.2, 0) is 5.41 Å². The third-order valence-electron chi connectivity index (χ3n) is 6.29. The number of terminal acetylenes is 1. The molecular formula is C20H24O2. The van der Waals surface area contributed by atoms with Crippen molar-refractivity contribution in [3.8, 4) is 23.8 Å². The number of methoxy groups -OCH3 is 2. The molecule has 0 heterocycles. The molecule has 1 aromatic carbocycles. The molecule has 4 saturated carbocycles. The predicted octanol–water partition coefficient (Wildman–Crippen LogP) is 4.15. The van der Waals surface area contributed by atoms with E-state index in [1.807, 2.05) is 6.07 Å². The summed E-state index contributed by atoms with van der Waals surface area (Å²) >= 11 is 0. The van der Waals surface area contributed by atoms with Gasteiger partial charge in [0.1, 0.15) is 11.5 Å². The van der Waals surface area contributed by atoms with Crippen molar-refractivity contribution in [2.45, 2.75) is 43.9 Å². The fraction of sp³-hybridized carbons (Fsp3) is 0.600. The highest BCUT2D eigenvalue weighted by atomic mass is 16.5. The molecule has 1 aromatic rings. The van der Waals surface area contributed by atoms with E-state index in [-0.39, 0.29) is 5.41 Å². The Bertz CT molecular complexity index is 603. The molecule has 0 radical (unpaired) electrons. The summed E-state index contributed by atoms with van der Waals surface area (Å²) in [5.41, 5.74) is 2.48. The van der Waals surface area contributed by atoms with E-state index in [2.05, 4.69) is 12.0 Å². The van der Waals surface area contributed by atoms with E-state index < -0.39 is 0 Å². The molecule has 0 spiro atoms. The van der Waals surface area contributed by atoms with E-state index in [9.17, 15) is 0 Å². The molecule has 5 rings (SSSR count). The topological polar surface area (TPSA) is 18.5 Å². The lowest BCUT2D eigenvalue weighted by molar-refractivity contribution is -0.00618. The van der Waals surface area contributed by atoms with Gasteiger partial charge in [0.05, 0.1) is 19.8 Å². The van der Waals surface area contributed by atoms with Crippen LogP contribution in [0.25, 0.3) is 0 Å². The Morgan fingerprint density at radius 2 is 1.50 bits per heavy atom. The second-order valence-electron chi connectivity index (χ2n) is 7.59. The minimum atomic E-state index is 0.290. The minimum Gasteiger partial charge on any atom is -0.496 e. The van der Waals surface area contributed by atoms with Crippen LogP contribution in [-0.4, -0.2) is 14.2 Å².